The molecule has 0 fully saturated rings. The van der Waals surface area contributed by atoms with Crippen molar-refractivity contribution in [3.05, 3.63) is 15.6 Å². The molecule has 0 bridgehead atoms. The van der Waals surface area contributed by atoms with Crippen molar-refractivity contribution in [3.63, 3.8) is 0 Å². The molecule has 0 atom stereocenters. The summed E-state index contributed by atoms with van der Waals surface area (Å²) in [6.45, 7) is 5.89. The number of hydrogen-bond donors (Lipinski definition) is 1. The van der Waals surface area contributed by atoms with E-state index in [4.69, 9.17) is 0 Å². The van der Waals surface area contributed by atoms with Crippen molar-refractivity contribution >= 4 is 21.2 Å². The predicted molar refractivity (Wildman–Crippen MR) is 65.3 cm³/mol. The molecular weight excluding hydrogens is 246 g/mol. The van der Waals surface area contributed by atoms with Crippen LogP contribution in [0.1, 0.15) is 36.3 Å². The highest BCUT2D eigenvalue weighted by atomic mass is 32.2. The van der Waals surface area contributed by atoms with Crippen LogP contribution in [0.2, 0.25) is 0 Å². The second kappa shape index (κ2) is 4.43. The summed E-state index contributed by atoms with van der Waals surface area (Å²) in [7, 11) is -3.07. The first kappa shape index (κ1) is 13.6. The van der Waals surface area contributed by atoms with Gasteiger partial charge in [0.15, 0.2) is 9.84 Å². The van der Waals surface area contributed by atoms with Gasteiger partial charge in [0, 0.05) is 11.7 Å². The van der Waals surface area contributed by atoms with Gasteiger partial charge in [0.05, 0.1) is 17.2 Å². The molecule has 0 saturated heterocycles. The highest BCUT2D eigenvalue weighted by Gasteiger charge is 2.23. The summed E-state index contributed by atoms with van der Waals surface area (Å²) in [5.41, 5.74) is 0.614. The van der Waals surface area contributed by atoms with Crippen molar-refractivity contribution in [2.75, 3.05) is 6.26 Å². The fraction of sp³-hybridized carbons (Fsp3) is 0.700. The molecule has 0 amide bonds. The molecule has 0 saturated carbocycles. The van der Waals surface area contributed by atoms with Crippen molar-refractivity contribution in [1.29, 1.82) is 0 Å². The molecule has 1 N–H and O–H groups in total. The molecule has 0 aliphatic carbocycles. The molecule has 0 aliphatic rings. The van der Waals surface area contributed by atoms with E-state index < -0.39 is 9.84 Å². The number of aromatic nitrogens is 1. The summed E-state index contributed by atoms with van der Waals surface area (Å²) in [4.78, 5) is 5.07. The largest absolute Gasteiger partial charge is 0.391 e. The minimum Gasteiger partial charge on any atom is -0.391 e. The van der Waals surface area contributed by atoms with Crippen molar-refractivity contribution < 1.29 is 13.5 Å². The Hall–Kier alpha value is -0.460. The smallest absolute Gasteiger partial charge is 0.153 e. The third kappa shape index (κ3) is 3.54. The van der Waals surface area contributed by atoms with Crippen LogP contribution in [0.15, 0.2) is 0 Å². The van der Waals surface area contributed by atoms with Gasteiger partial charge >= 0.3 is 0 Å². The number of aliphatic hydroxyl groups is 1. The molecule has 0 spiro atoms. The normalized spacial score (nSPS) is 13.1. The zero-order valence-corrected chi connectivity index (χ0v) is 11.6. The summed E-state index contributed by atoms with van der Waals surface area (Å²) < 4.78 is 22.3. The Balaban J connectivity index is 3.14. The van der Waals surface area contributed by atoms with E-state index in [0.29, 0.717) is 5.01 Å². The van der Waals surface area contributed by atoms with Crippen LogP contribution in [-0.4, -0.2) is 24.8 Å². The van der Waals surface area contributed by atoms with E-state index in [9.17, 15) is 13.5 Å². The van der Waals surface area contributed by atoms with Crippen LogP contribution in [0, 0.1) is 0 Å². The van der Waals surface area contributed by atoms with Gasteiger partial charge in [0.2, 0.25) is 0 Å². The monoisotopic (exact) mass is 263 g/mol. The van der Waals surface area contributed by atoms with Crippen LogP contribution in [0.4, 0.5) is 0 Å². The van der Waals surface area contributed by atoms with E-state index in [1.54, 1.807) is 0 Å². The second-order valence-electron chi connectivity index (χ2n) is 4.86. The summed E-state index contributed by atoms with van der Waals surface area (Å²) in [6, 6.07) is 0. The highest BCUT2D eigenvalue weighted by Crippen LogP contribution is 2.30. The maximum absolute atomic E-state index is 11.2. The maximum Gasteiger partial charge on any atom is 0.153 e. The molecule has 1 rings (SSSR count). The molecule has 0 aromatic carbocycles. The Morgan fingerprint density at radius 3 is 2.25 bits per heavy atom. The van der Waals surface area contributed by atoms with Gasteiger partial charge in [-0.05, 0) is 0 Å². The van der Waals surface area contributed by atoms with E-state index in [0.717, 1.165) is 10.6 Å². The number of hydrogen-bond acceptors (Lipinski definition) is 5. The van der Waals surface area contributed by atoms with E-state index in [2.05, 4.69) is 4.98 Å². The van der Waals surface area contributed by atoms with Crippen LogP contribution in [-0.2, 0) is 27.6 Å². The van der Waals surface area contributed by atoms with Crippen LogP contribution in [0.5, 0.6) is 0 Å². The molecule has 92 valence electrons. The van der Waals surface area contributed by atoms with Crippen molar-refractivity contribution in [3.8, 4) is 0 Å². The molecule has 4 nitrogen and oxygen atoms in total. The molecule has 1 aromatic heterocycles. The minimum atomic E-state index is -3.07. The first-order chi connectivity index (χ1) is 7.13. The quantitative estimate of drug-likeness (QED) is 0.897. The zero-order valence-electron chi connectivity index (χ0n) is 9.94. The van der Waals surface area contributed by atoms with E-state index in [1.165, 1.54) is 17.6 Å². The highest BCUT2D eigenvalue weighted by molar-refractivity contribution is 7.90. The van der Waals surface area contributed by atoms with Gasteiger partial charge in [-0.2, -0.15) is 0 Å². The number of aliphatic hydroxyl groups excluding tert-OH is 1. The van der Waals surface area contributed by atoms with E-state index in [-0.39, 0.29) is 17.8 Å². The summed E-state index contributed by atoms with van der Waals surface area (Å²) in [6.07, 6.45) is 1.18. The number of nitrogens with zero attached hydrogens (tertiary/aromatic N) is 1. The van der Waals surface area contributed by atoms with E-state index in [1.807, 2.05) is 20.8 Å². The number of rotatable bonds is 3. The maximum atomic E-state index is 11.2. The van der Waals surface area contributed by atoms with Crippen LogP contribution >= 0.6 is 11.3 Å². The Kier molecular flexibility index (Phi) is 3.76. The number of sulfone groups is 1. The van der Waals surface area contributed by atoms with Gasteiger partial charge < -0.3 is 5.11 Å². The fourth-order valence-electron chi connectivity index (χ4n) is 1.38. The molecule has 1 aromatic rings. The van der Waals surface area contributed by atoms with Crippen molar-refractivity contribution in [1.82, 2.24) is 4.98 Å². The Labute approximate surface area is 100 Å². The lowest BCUT2D eigenvalue weighted by molar-refractivity contribution is 0.282. The van der Waals surface area contributed by atoms with Gasteiger partial charge in [-0.15, -0.1) is 11.3 Å². The molecule has 1 heterocycles. The molecule has 0 aliphatic heterocycles. The molecular formula is C10H17NO3S2. The first-order valence-electron chi connectivity index (χ1n) is 4.91. The standard InChI is InChI=1S/C10H17NO3S2/c1-10(2,3)9-7(5-12)15-8(11-9)6-16(4,13)14/h12H,5-6H2,1-4H3. The minimum absolute atomic E-state index is 0.0548. The lowest BCUT2D eigenvalue weighted by Gasteiger charge is -2.16. The van der Waals surface area contributed by atoms with Gasteiger partial charge in [-0.3, -0.25) is 0 Å². The van der Waals surface area contributed by atoms with Gasteiger partial charge in [0.25, 0.3) is 0 Å². The fourth-order valence-corrected chi connectivity index (χ4v) is 3.71. The topological polar surface area (TPSA) is 67.3 Å². The predicted octanol–water partition coefficient (Wildman–Crippen LogP) is 1.48. The zero-order chi connectivity index (χ0) is 12.6. The summed E-state index contributed by atoms with van der Waals surface area (Å²) in [5.74, 6) is -0.0548. The van der Waals surface area contributed by atoms with Crippen molar-refractivity contribution in [2.24, 2.45) is 0 Å². The lowest BCUT2D eigenvalue weighted by Crippen LogP contribution is -2.14. The van der Waals surface area contributed by atoms with Gasteiger partial charge in [0.1, 0.15) is 10.8 Å². The second-order valence-corrected chi connectivity index (χ2v) is 8.17. The third-order valence-electron chi connectivity index (χ3n) is 1.98. The molecule has 6 heteroatoms. The Morgan fingerprint density at radius 1 is 1.38 bits per heavy atom. The van der Waals surface area contributed by atoms with Gasteiger partial charge in [-0.1, -0.05) is 20.8 Å². The Morgan fingerprint density at radius 2 is 1.94 bits per heavy atom. The SMILES string of the molecule is CC(C)(C)c1nc(CS(C)(=O)=O)sc1CO. The lowest BCUT2D eigenvalue weighted by atomic mass is 9.91. The van der Waals surface area contributed by atoms with Crippen molar-refractivity contribution in [2.45, 2.75) is 38.5 Å². The molecule has 16 heavy (non-hydrogen) atoms. The number of thiazole rings is 1. The summed E-state index contributed by atoms with van der Waals surface area (Å²) in [5, 5.41) is 9.77. The third-order valence-corrected chi connectivity index (χ3v) is 4.00. The van der Waals surface area contributed by atoms with Gasteiger partial charge in [-0.25, -0.2) is 13.4 Å². The van der Waals surface area contributed by atoms with E-state index >= 15 is 0 Å². The average molecular weight is 263 g/mol. The van der Waals surface area contributed by atoms with Crippen LogP contribution in [0.3, 0.4) is 0 Å². The van der Waals surface area contributed by atoms with Crippen LogP contribution in [0.25, 0.3) is 0 Å². The first-order valence-corrected chi connectivity index (χ1v) is 7.79. The molecule has 0 radical (unpaired) electrons. The average Bonchev–Trinajstić information content (AvgIpc) is 2.43. The Bertz CT molecular complexity index is 469. The summed E-state index contributed by atoms with van der Waals surface area (Å²) >= 11 is 1.27. The van der Waals surface area contributed by atoms with Crippen LogP contribution < -0.4 is 0 Å². The molecule has 0 unspecified atom stereocenters.